The van der Waals surface area contributed by atoms with Crippen LogP contribution >= 0.6 is 11.3 Å². The van der Waals surface area contributed by atoms with Gasteiger partial charge in [0.1, 0.15) is 5.82 Å². The van der Waals surface area contributed by atoms with Gasteiger partial charge in [-0.15, -0.1) is 0 Å². The van der Waals surface area contributed by atoms with Gasteiger partial charge in [0.2, 0.25) is 0 Å². The van der Waals surface area contributed by atoms with Gasteiger partial charge >= 0.3 is 6.55 Å². The average molecular weight is 376 g/mol. The first-order valence-corrected chi connectivity index (χ1v) is 9.80. The minimum absolute atomic E-state index is 0.139. The molecule has 0 amide bonds. The highest BCUT2D eigenvalue weighted by Gasteiger charge is 2.28. The molecule has 0 N–H and O–H groups in total. The SMILES string of the molecule is CC(c1nc2ccccc2n1C(F)F)N1CCN(Cc2ccsc2)CC1. The topological polar surface area (TPSA) is 24.3 Å². The van der Waals surface area contributed by atoms with Crippen LogP contribution in [0.15, 0.2) is 41.1 Å². The third-order valence-electron chi connectivity index (χ3n) is 5.13. The molecule has 0 saturated carbocycles. The number of hydrogen-bond donors (Lipinski definition) is 0. The van der Waals surface area contributed by atoms with Crippen LogP contribution < -0.4 is 0 Å². The Morgan fingerprint density at radius 1 is 1.12 bits per heavy atom. The number of thiophene rings is 1. The Hall–Kier alpha value is -1.83. The maximum absolute atomic E-state index is 13.7. The lowest BCUT2D eigenvalue weighted by molar-refractivity contribution is 0.0558. The highest BCUT2D eigenvalue weighted by molar-refractivity contribution is 7.07. The van der Waals surface area contributed by atoms with Crippen molar-refractivity contribution >= 4 is 22.4 Å². The second-order valence-corrected chi connectivity index (χ2v) is 7.51. The molecule has 0 bridgehead atoms. The van der Waals surface area contributed by atoms with Crippen molar-refractivity contribution in [3.8, 4) is 0 Å². The van der Waals surface area contributed by atoms with Crippen LogP contribution in [0.25, 0.3) is 11.0 Å². The van der Waals surface area contributed by atoms with E-state index in [9.17, 15) is 8.78 Å². The molecule has 3 heterocycles. The Morgan fingerprint density at radius 2 is 1.88 bits per heavy atom. The van der Waals surface area contributed by atoms with Gasteiger partial charge < -0.3 is 0 Å². The Morgan fingerprint density at radius 3 is 2.58 bits per heavy atom. The fourth-order valence-corrected chi connectivity index (χ4v) is 4.34. The van der Waals surface area contributed by atoms with E-state index in [-0.39, 0.29) is 6.04 Å². The van der Waals surface area contributed by atoms with Gasteiger partial charge in [0.05, 0.1) is 17.1 Å². The molecule has 1 saturated heterocycles. The third-order valence-corrected chi connectivity index (χ3v) is 5.86. The summed E-state index contributed by atoms with van der Waals surface area (Å²) in [6.07, 6.45) is 0. The van der Waals surface area contributed by atoms with Crippen molar-refractivity contribution < 1.29 is 8.78 Å². The maximum atomic E-state index is 13.7. The van der Waals surface area contributed by atoms with Crippen molar-refractivity contribution in [3.63, 3.8) is 0 Å². The summed E-state index contributed by atoms with van der Waals surface area (Å²) in [5.41, 5.74) is 2.47. The molecule has 2 aromatic heterocycles. The highest BCUT2D eigenvalue weighted by Crippen LogP contribution is 2.30. The summed E-state index contributed by atoms with van der Waals surface area (Å²) >= 11 is 1.72. The largest absolute Gasteiger partial charge is 0.320 e. The molecule has 26 heavy (non-hydrogen) atoms. The lowest BCUT2D eigenvalue weighted by Gasteiger charge is -2.37. The van der Waals surface area contributed by atoms with E-state index in [1.54, 1.807) is 29.5 Å². The molecule has 1 unspecified atom stereocenters. The van der Waals surface area contributed by atoms with Crippen LogP contribution in [0.4, 0.5) is 8.78 Å². The van der Waals surface area contributed by atoms with Gasteiger partial charge in [0, 0.05) is 32.7 Å². The zero-order valence-corrected chi connectivity index (χ0v) is 15.5. The molecule has 7 heteroatoms. The Labute approximate surface area is 155 Å². The number of imidazole rings is 1. The number of para-hydroxylation sites is 2. The first-order chi connectivity index (χ1) is 12.6. The number of benzene rings is 1. The average Bonchev–Trinajstić information content (AvgIpc) is 3.29. The molecular weight excluding hydrogens is 354 g/mol. The predicted octanol–water partition coefficient (Wildman–Crippen LogP) is 4.37. The van der Waals surface area contributed by atoms with Crippen LogP contribution in [0, 0.1) is 0 Å². The molecule has 1 atom stereocenters. The van der Waals surface area contributed by atoms with E-state index >= 15 is 0 Å². The van der Waals surface area contributed by atoms with Gasteiger partial charge in [-0.1, -0.05) is 12.1 Å². The number of hydrogen-bond acceptors (Lipinski definition) is 4. The summed E-state index contributed by atoms with van der Waals surface area (Å²) in [6.45, 7) is 3.95. The van der Waals surface area contributed by atoms with Gasteiger partial charge in [-0.05, 0) is 41.4 Å². The lowest BCUT2D eigenvalue weighted by atomic mass is 10.2. The Balaban J connectivity index is 1.49. The smallest absolute Gasteiger partial charge is 0.297 e. The molecule has 4 nitrogen and oxygen atoms in total. The van der Waals surface area contributed by atoms with E-state index in [0.29, 0.717) is 16.9 Å². The molecule has 0 spiro atoms. The molecule has 1 aromatic carbocycles. The number of nitrogens with zero attached hydrogens (tertiary/aromatic N) is 4. The molecular formula is C19H22F2N4S. The van der Waals surface area contributed by atoms with E-state index in [0.717, 1.165) is 37.3 Å². The predicted molar refractivity (Wildman–Crippen MR) is 101 cm³/mol. The molecule has 0 radical (unpaired) electrons. The fraction of sp³-hybridized carbons (Fsp3) is 0.421. The normalized spacial score (nSPS) is 18.0. The van der Waals surface area contributed by atoms with Crippen LogP contribution in [0.5, 0.6) is 0 Å². The Kier molecular flexibility index (Phi) is 5.02. The van der Waals surface area contributed by atoms with Crippen LogP contribution in [-0.2, 0) is 6.54 Å². The van der Waals surface area contributed by atoms with Gasteiger partial charge in [-0.3, -0.25) is 14.4 Å². The molecule has 1 aliphatic rings. The highest BCUT2D eigenvalue weighted by atomic mass is 32.1. The third kappa shape index (κ3) is 3.39. The number of aromatic nitrogens is 2. The standard InChI is InChI=1S/C19H22F2N4S/c1-14(18-22-16-4-2-3-5-17(16)25(18)19(20)21)24-9-7-23(8-10-24)12-15-6-11-26-13-15/h2-6,11,13-14,19H,7-10,12H2,1H3. The summed E-state index contributed by atoms with van der Waals surface area (Å²) in [4.78, 5) is 9.19. The maximum Gasteiger partial charge on any atom is 0.320 e. The van der Waals surface area contributed by atoms with Gasteiger partial charge in [-0.2, -0.15) is 20.1 Å². The summed E-state index contributed by atoms with van der Waals surface area (Å²) < 4.78 is 28.5. The van der Waals surface area contributed by atoms with Crippen molar-refractivity contribution in [1.29, 1.82) is 0 Å². The van der Waals surface area contributed by atoms with Crippen molar-refractivity contribution in [1.82, 2.24) is 19.4 Å². The van der Waals surface area contributed by atoms with Gasteiger partial charge in [0.25, 0.3) is 0 Å². The summed E-state index contributed by atoms with van der Waals surface area (Å²) in [5.74, 6) is 0.451. The molecule has 138 valence electrons. The first-order valence-electron chi connectivity index (χ1n) is 8.86. The van der Waals surface area contributed by atoms with Crippen LogP contribution in [0.1, 0.15) is 30.9 Å². The van der Waals surface area contributed by atoms with E-state index in [1.165, 1.54) is 5.56 Å². The molecule has 3 aromatic rings. The van der Waals surface area contributed by atoms with Crippen molar-refractivity contribution in [2.75, 3.05) is 26.2 Å². The number of alkyl halides is 2. The molecule has 0 aliphatic carbocycles. The summed E-state index contributed by atoms with van der Waals surface area (Å²) in [6, 6.07) is 9.14. The van der Waals surface area contributed by atoms with Crippen LogP contribution in [0.2, 0.25) is 0 Å². The minimum Gasteiger partial charge on any atom is -0.297 e. The van der Waals surface area contributed by atoms with Gasteiger partial charge in [0.15, 0.2) is 0 Å². The molecule has 1 fully saturated rings. The van der Waals surface area contributed by atoms with Gasteiger partial charge in [-0.25, -0.2) is 4.98 Å². The van der Waals surface area contributed by atoms with E-state index < -0.39 is 6.55 Å². The molecule has 4 rings (SSSR count). The first kappa shape index (κ1) is 17.6. The second-order valence-electron chi connectivity index (χ2n) is 6.73. The lowest BCUT2D eigenvalue weighted by Crippen LogP contribution is -2.47. The van der Waals surface area contributed by atoms with E-state index in [1.807, 2.05) is 13.0 Å². The zero-order valence-electron chi connectivity index (χ0n) is 14.7. The van der Waals surface area contributed by atoms with Crippen molar-refractivity contribution in [2.24, 2.45) is 0 Å². The number of piperazine rings is 1. The second kappa shape index (κ2) is 7.42. The minimum atomic E-state index is -2.58. The number of fused-ring (bicyclic) bond motifs is 1. The van der Waals surface area contributed by atoms with Crippen LogP contribution in [0.3, 0.4) is 0 Å². The van der Waals surface area contributed by atoms with E-state index in [2.05, 4.69) is 31.6 Å². The van der Waals surface area contributed by atoms with Crippen molar-refractivity contribution in [2.45, 2.75) is 26.1 Å². The number of halogens is 2. The van der Waals surface area contributed by atoms with Crippen LogP contribution in [-0.4, -0.2) is 45.5 Å². The Bertz CT molecular complexity index is 854. The monoisotopic (exact) mass is 376 g/mol. The fourth-order valence-electron chi connectivity index (χ4n) is 3.68. The number of rotatable bonds is 5. The zero-order chi connectivity index (χ0) is 18.1. The summed E-state index contributed by atoms with van der Waals surface area (Å²) in [5, 5.41) is 4.28. The van der Waals surface area contributed by atoms with E-state index in [4.69, 9.17) is 0 Å². The summed E-state index contributed by atoms with van der Waals surface area (Å²) in [7, 11) is 0. The quantitative estimate of drug-likeness (QED) is 0.661. The van der Waals surface area contributed by atoms with Crippen molar-refractivity contribution in [3.05, 3.63) is 52.5 Å². The molecule has 1 aliphatic heterocycles.